The fourth-order valence-corrected chi connectivity index (χ4v) is 1.37. The molecule has 0 atom stereocenters. The molecule has 0 unspecified atom stereocenters. The Bertz CT molecular complexity index is 572. The molecule has 5 heteroatoms. The molecule has 0 aromatic carbocycles. The van der Waals surface area contributed by atoms with Gasteiger partial charge >= 0.3 is 0 Å². The molecule has 0 saturated heterocycles. The molecule has 70 valence electrons. The van der Waals surface area contributed by atoms with Gasteiger partial charge in [-0.3, -0.25) is 9.36 Å². The summed E-state index contributed by atoms with van der Waals surface area (Å²) in [6, 6.07) is 1.96. The van der Waals surface area contributed by atoms with Crippen LogP contribution in [0.1, 0.15) is 12.5 Å². The second-order valence-electron chi connectivity index (χ2n) is 2.87. The zero-order chi connectivity index (χ0) is 10.1. The molecular weight excluding hydrogens is 180 g/mol. The SMILES string of the molecule is CCn1cnc2[nH]cc(C#N)c2c1=O. The van der Waals surface area contributed by atoms with Crippen LogP contribution in [0.25, 0.3) is 11.0 Å². The van der Waals surface area contributed by atoms with Gasteiger partial charge in [-0.1, -0.05) is 0 Å². The summed E-state index contributed by atoms with van der Waals surface area (Å²) in [6.07, 6.45) is 2.97. The van der Waals surface area contributed by atoms with Crippen LogP contribution in [0.15, 0.2) is 17.3 Å². The zero-order valence-corrected chi connectivity index (χ0v) is 7.61. The molecule has 2 heterocycles. The lowest BCUT2D eigenvalue weighted by molar-refractivity contribution is 0.717. The first kappa shape index (κ1) is 8.51. The number of fused-ring (bicyclic) bond motifs is 1. The van der Waals surface area contributed by atoms with E-state index in [0.29, 0.717) is 23.1 Å². The van der Waals surface area contributed by atoms with Crippen molar-refractivity contribution in [3.8, 4) is 6.07 Å². The molecule has 0 saturated carbocycles. The predicted molar refractivity (Wildman–Crippen MR) is 50.7 cm³/mol. The van der Waals surface area contributed by atoms with E-state index in [1.807, 2.05) is 13.0 Å². The van der Waals surface area contributed by atoms with Crippen LogP contribution in [0.3, 0.4) is 0 Å². The number of nitrogens with one attached hydrogen (secondary N) is 1. The third kappa shape index (κ3) is 1.01. The maximum Gasteiger partial charge on any atom is 0.264 e. The number of rotatable bonds is 1. The van der Waals surface area contributed by atoms with Crippen LogP contribution in [0.4, 0.5) is 0 Å². The van der Waals surface area contributed by atoms with Crippen molar-refractivity contribution >= 4 is 11.0 Å². The van der Waals surface area contributed by atoms with Gasteiger partial charge < -0.3 is 4.98 Å². The van der Waals surface area contributed by atoms with Crippen molar-refractivity contribution in [3.05, 3.63) is 28.4 Å². The van der Waals surface area contributed by atoms with Crippen LogP contribution >= 0.6 is 0 Å². The summed E-state index contributed by atoms with van der Waals surface area (Å²) >= 11 is 0. The molecule has 5 nitrogen and oxygen atoms in total. The first-order chi connectivity index (χ1) is 6.77. The van der Waals surface area contributed by atoms with E-state index in [2.05, 4.69) is 9.97 Å². The molecule has 0 radical (unpaired) electrons. The summed E-state index contributed by atoms with van der Waals surface area (Å²) in [5, 5.41) is 9.14. The topological polar surface area (TPSA) is 74.5 Å². The predicted octanol–water partition coefficient (Wildman–Crippen LogP) is 0.616. The number of nitriles is 1. The Kier molecular flexibility index (Phi) is 1.82. The third-order valence-corrected chi connectivity index (χ3v) is 2.12. The highest BCUT2D eigenvalue weighted by Gasteiger charge is 2.09. The van der Waals surface area contributed by atoms with E-state index >= 15 is 0 Å². The van der Waals surface area contributed by atoms with Gasteiger partial charge in [0.1, 0.15) is 17.1 Å². The molecule has 2 aromatic rings. The summed E-state index contributed by atoms with van der Waals surface area (Å²) < 4.78 is 1.47. The highest BCUT2D eigenvalue weighted by atomic mass is 16.1. The van der Waals surface area contributed by atoms with Crippen molar-refractivity contribution in [1.29, 1.82) is 5.26 Å². The molecule has 14 heavy (non-hydrogen) atoms. The quantitative estimate of drug-likeness (QED) is 0.712. The average Bonchev–Trinajstić information content (AvgIpc) is 2.62. The number of nitrogens with zero attached hydrogens (tertiary/aromatic N) is 3. The van der Waals surface area contributed by atoms with Crippen LogP contribution in [0.5, 0.6) is 0 Å². The molecule has 1 N–H and O–H groups in total. The number of aromatic amines is 1. The Morgan fingerprint density at radius 2 is 2.50 bits per heavy atom. The number of aromatic nitrogens is 3. The number of aryl methyl sites for hydroxylation is 1. The normalized spacial score (nSPS) is 10.3. The largest absolute Gasteiger partial charge is 0.345 e. The first-order valence-corrected chi connectivity index (χ1v) is 4.24. The lowest BCUT2D eigenvalue weighted by atomic mass is 10.2. The van der Waals surface area contributed by atoms with Crippen molar-refractivity contribution in [2.24, 2.45) is 0 Å². The van der Waals surface area contributed by atoms with Gasteiger partial charge in [0.2, 0.25) is 0 Å². The summed E-state index contributed by atoms with van der Waals surface area (Å²) in [5.74, 6) is 0. The van der Waals surface area contributed by atoms with Gasteiger partial charge in [0, 0.05) is 12.7 Å². The molecule has 0 aliphatic rings. The molecule has 0 amide bonds. The van der Waals surface area contributed by atoms with Gasteiger partial charge in [0.15, 0.2) is 0 Å². The van der Waals surface area contributed by atoms with Crippen LogP contribution in [-0.4, -0.2) is 14.5 Å². The standard InChI is InChI=1S/C9H8N4O/c1-2-13-5-12-8-7(9(13)14)6(3-10)4-11-8/h4-5,11H,2H2,1H3. The Hall–Kier alpha value is -2.09. The number of H-pyrrole nitrogens is 1. The molecule has 0 aliphatic carbocycles. The zero-order valence-electron chi connectivity index (χ0n) is 7.61. The third-order valence-electron chi connectivity index (χ3n) is 2.12. The minimum Gasteiger partial charge on any atom is -0.345 e. The smallest absolute Gasteiger partial charge is 0.264 e. The molecule has 0 bridgehead atoms. The van der Waals surface area contributed by atoms with Crippen LogP contribution in [-0.2, 0) is 6.54 Å². The minimum absolute atomic E-state index is 0.171. The molecule has 2 aromatic heterocycles. The maximum atomic E-state index is 11.8. The van der Waals surface area contributed by atoms with Gasteiger partial charge in [-0.05, 0) is 6.92 Å². The summed E-state index contributed by atoms with van der Waals surface area (Å²) in [5.41, 5.74) is 0.645. The summed E-state index contributed by atoms with van der Waals surface area (Å²) in [6.45, 7) is 2.41. The van der Waals surface area contributed by atoms with Crippen molar-refractivity contribution in [3.63, 3.8) is 0 Å². The van der Waals surface area contributed by atoms with Gasteiger partial charge in [-0.15, -0.1) is 0 Å². The van der Waals surface area contributed by atoms with E-state index in [1.165, 1.54) is 17.1 Å². The summed E-state index contributed by atoms with van der Waals surface area (Å²) in [7, 11) is 0. The highest BCUT2D eigenvalue weighted by Crippen LogP contribution is 2.09. The second-order valence-corrected chi connectivity index (χ2v) is 2.87. The molecule has 2 rings (SSSR count). The Balaban J connectivity index is 2.93. The van der Waals surface area contributed by atoms with Gasteiger partial charge in [-0.25, -0.2) is 4.98 Å². The fourth-order valence-electron chi connectivity index (χ4n) is 1.37. The van der Waals surface area contributed by atoms with Crippen molar-refractivity contribution < 1.29 is 0 Å². The van der Waals surface area contributed by atoms with E-state index in [1.54, 1.807) is 0 Å². The molecule has 0 fully saturated rings. The fraction of sp³-hybridized carbons (Fsp3) is 0.222. The van der Waals surface area contributed by atoms with Crippen molar-refractivity contribution in [2.75, 3.05) is 0 Å². The lowest BCUT2D eigenvalue weighted by Crippen LogP contribution is -2.19. The van der Waals surface area contributed by atoms with Gasteiger partial charge in [0.25, 0.3) is 5.56 Å². The van der Waals surface area contributed by atoms with E-state index in [-0.39, 0.29) is 5.56 Å². The molecule has 0 aliphatic heterocycles. The van der Waals surface area contributed by atoms with Crippen molar-refractivity contribution in [1.82, 2.24) is 14.5 Å². The van der Waals surface area contributed by atoms with Crippen LogP contribution < -0.4 is 5.56 Å². The van der Waals surface area contributed by atoms with Crippen LogP contribution in [0, 0.1) is 11.3 Å². The lowest BCUT2D eigenvalue weighted by Gasteiger charge is -1.99. The molecule has 0 spiro atoms. The minimum atomic E-state index is -0.171. The number of hydrogen-bond acceptors (Lipinski definition) is 3. The summed E-state index contributed by atoms with van der Waals surface area (Å²) in [4.78, 5) is 18.6. The molecular formula is C9H8N4O. The maximum absolute atomic E-state index is 11.8. The van der Waals surface area contributed by atoms with E-state index in [0.717, 1.165) is 0 Å². The Morgan fingerprint density at radius 3 is 3.14 bits per heavy atom. The average molecular weight is 188 g/mol. The second kappa shape index (κ2) is 3.00. The monoisotopic (exact) mass is 188 g/mol. The Morgan fingerprint density at radius 1 is 1.71 bits per heavy atom. The van der Waals surface area contributed by atoms with Crippen LogP contribution in [0.2, 0.25) is 0 Å². The van der Waals surface area contributed by atoms with Gasteiger partial charge in [-0.2, -0.15) is 5.26 Å². The number of hydrogen-bond donors (Lipinski definition) is 1. The van der Waals surface area contributed by atoms with Crippen molar-refractivity contribution in [2.45, 2.75) is 13.5 Å². The first-order valence-electron chi connectivity index (χ1n) is 4.24. The van der Waals surface area contributed by atoms with E-state index < -0.39 is 0 Å². The van der Waals surface area contributed by atoms with E-state index in [4.69, 9.17) is 5.26 Å². The highest BCUT2D eigenvalue weighted by molar-refractivity contribution is 5.81. The van der Waals surface area contributed by atoms with E-state index in [9.17, 15) is 4.79 Å². The Labute approximate surface area is 79.6 Å². The van der Waals surface area contributed by atoms with Gasteiger partial charge in [0.05, 0.1) is 11.9 Å².